The molecule has 1 saturated heterocycles. The summed E-state index contributed by atoms with van der Waals surface area (Å²) in [7, 11) is 0. The summed E-state index contributed by atoms with van der Waals surface area (Å²) in [6.07, 6.45) is 0.931. The summed E-state index contributed by atoms with van der Waals surface area (Å²) in [6.45, 7) is 8.07. The first-order chi connectivity index (χ1) is 18.1. The third-order valence-electron chi connectivity index (χ3n) is 7.18. The number of nitrogens with one attached hydrogen (secondary N) is 2. The Labute approximate surface area is 218 Å². The van der Waals surface area contributed by atoms with Crippen LogP contribution >= 0.6 is 0 Å². The average molecular weight is 499 g/mol. The van der Waals surface area contributed by atoms with Gasteiger partial charge in [-0.3, -0.25) is 14.5 Å². The quantitative estimate of drug-likeness (QED) is 0.517. The normalized spacial score (nSPS) is 15.6. The van der Waals surface area contributed by atoms with E-state index in [1.165, 1.54) is 11.1 Å². The molecule has 192 valence electrons. The van der Waals surface area contributed by atoms with Gasteiger partial charge in [-0.15, -0.1) is 0 Å². The first-order valence-electron chi connectivity index (χ1n) is 13.0. The fraction of sp³-hybridized carbons (Fsp3) is 0.333. The summed E-state index contributed by atoms with van der Waals surface area (Å²) in [5, 5.41) is 6.09. The zero-order chi connectivity index (χ0) is 25.6. The molecule has 5 rings (SSSR count). The van der Waals surface area contributed by atoms with E-state index in [1.807, 2.05) is 43.3 Å². The second-order valence-corrected chi connectivity index (χ2v) is 9.65. The molecule has 0 unspecified atom stereocenters. The molecule has 0 spiro atoms. The SMILES string of the molecule is Cc1ccccc1C(=O)Nc1ccc(N2CCc3ccccc3C2)c(C(=O)NCCN2CCOCC2)c1. The maximum Gasteiger partial charge on any atom is 0.255 e. The minimum atomic E-state index is -0.184. The third-order valence-corrected chi connectivity index (χ3v) is 7.18. The molecule has 3 aromatic rings. The van der Waals surface area contributed by atoms with Gasteiger partial charge in [-0.1, -0.05) is 42.5 Å². The Kier molecular flexibility index (Phi) is 7.82. The molecule has 0 bridgehead atoms. The van der Waals surface area contributed by atoms with E-state index in [0.29, 0.717) is 23.4 Å². The highest BCUT2D eigenvalue weighted by Gasteiger charge is 2.22. The van der Waals surface area contributed by atoms with Crippen LogP contribution in [-0.4, -0.2) is 62.7 Å². The molecule has 0 saturated carbocycles. The standard InChI is InChI=1S/C30H34N4O3/c1-22-6-2-5-9-26(22)30(36)32-25-10-11-28(34-14-12-23-7-3-4-8-24(23)21-34)27(20-25)29(35)31-13-15-33-16-18-37-19-17-33/h2-11,20H,12-19,21H2,1H3,(H,31,35)(H,32,36). The van der Waals surface area contributed by atoms with Crippen molar-refractivity contribution in [1.29, 1.82) is 0 Å². The van der Waals surface area contributed by atoms with Crippen LogP contribution in [0.4, 0.5) is 11.4 Å². The summed E-state index contributed by atoms with van der Waals surface area (Å²) < 4.78 is 5.42. The molecule has 7 nitrogen and oxygen atoms in total. The van der Waals surface area contributed by atoms with E-state index < -0.39 is 0 Å². The topological polar surface area (TPSA) is 73.9 Å². The van der Waals surface area contributed by atoms with Crippen LogP contribution in [0.5, 0.6) is 0 Å². The second-order valence-electron chi connectivity index (χ2n) is 9.65. The number of nitrogens with zero attached hydrogens (tertiary/aromatic N) is 2. The number of morpholine rings is 1. The van der Waals surface area contributed by atoms with Gasteiger partial charge in [-0.05, 0) is 54.3 Å². The molecule has 37 heavy (non-hydrogen) atoms. The summed E-state index contributed by atoms with van der Waals surface area (Å²) in [5.74, 6) is -0.314. The molecule has 2 aliphatic heterocycles. The van der Waals surface area contributed by atoms with E-state index >= 15 is 0 Å². The predicted octanol–water partition coefficient (Wildman–Crippen LogP) is 3.87. The van der Waals surface area contributed by atoms with Gasteiger partial charge in [0.1, 0.15) is 0 Å². The largest absolute Gasteiger partial charge is 0.379 e. The number of hydrogen-bond acceptors (Lipinski definition) is 5. The van der Waals surface area contributed by atoms with Crippen molar-refractivity contribution in [3.05, 3.63) is 94.5 Å². The van der Waals surface area contributed by atoms with Gasteiger partial charge in [0.05, 0.1) is 18.8 Å². The number of hydrogen-bond donors (Lipinski definition) is 2. The number of aryl methyl sites for hydroxylation is 1. The van der Waals surface area contributed by atoms with Gasteiger partial charge in [0, 0.05) is 56.2 Å². The zero-order valence-electron chi connectivity index (χ0n) is 21.3. The van der Waals surface area contributed by atoms with Gasteiger partial charge >= 0.3 is 0 Å². The summed E-state index contributed by atoms with van der Waals surface area (Å²) in [4.78, 5) is 31.0. The van der Waals surface area contributed by atoms with Crippen LogP contribution in [-0.2, 0) is 17.7 Å². The smallest absolute Gasteiger partial charge is 0.255 e. The first kappa shape index (κ1) is 25.0. The lowest BCUT2D eigenvalue weighted by Crippen LogP contribution is -2.41. The number of rotatable bonds is 7. The Morgan fingerprint density at radius 1 is 0.865 bits per heavy atom. The van der Waals surface area contributed by atoms with Crippen LogP contribution in [0.2, 0.25) is 0 Å². The fourth-order valence-corrected chi connectivity index (χ4v) is 5.05. The molecule has 1 fully saturated rings. The number of fused-ring (bicyclic) bond motifs is 1. The number of carbonyl (C=O) groups excluding carboxylic acids is 2. The fourth-order valence-electron chi connectivity index (χ4n) is 5.05. The second kappa shape index (κ2) is 11.6. The molecule has 7 heteroatoms. The molecular weight excluding hydrogens is 464 g/mol. The summed E-state index contributed by atoms with van der Waals surface area (Å²) in [5.41, 5.74) is 6.23. The Bertz CT molecular complexity index is 1270. The van der Waals surface area contributed by atoms with E-state index in [1.54, 1.807) is 6.07 Å². The Morgan fingerprint density at radius 3 is 2.43 bits per heavy atom. The highest BCUT2D eigenvalue weighted by atomic mass is 16.5. The zero-order valence-corrected chi connectivity index (χ0v) is 21.3. The van der Waals surface area contributed by atoms with E-state index in [0.717, 1.165) is 63.6 Å². The van der Waals surface area contributed by atoms with E-state index in [-0.39, 0.29) is 11.8 Å². The van der Waals surface area contributed by atoms with E-state index in [4.69, 9.17) is 4.74 Å². The minimum absolute atomic E-state index is 0.130. The minimum Gasteiger partial charge on any atom is -0.379 e. The van der Waals surface area contributed by atoms with Gasteiger partial charge in [-0.25, -0.2) is 0 Å². The van der Waals surface area contributed by atoms with Gasteiger partial charge in [0.25, 0.3) is 11.8 Å². The lowest BCUT2D eigenvalue weighted by atomic mass is 9.98. The van der Waals surface area contributed by atoms with Crippen molar-refractivity contribution in [2.45, 2.75) is 19.9 Å². The van der Waals surface area contributed by atoms with E-state index in [2.05, 4.69) is 44.7 Å². The van der Waals surface area contributed by atoms with Crippen LogP contribution in [0.3, 0.4) is 0 Å². The number of anilines is 2. The van der Waals surface area contributed by atoms with Crippen molar-refractivity contribution in [2.24, 2.45) is 0 Å². The van der Waals surface area contributed by atoms with E-state index in [9.17, 15) is 9.59 Å². The number of ether oxygens (including phenoxy) is 1. The molecule has 2 N–H and O–H groups in total. The van der Waals surface area contributed by atoms with Crippen LogP contribution in [0.15, 0.2) is 66.7 Å². The van der Waals surface area contributed by atoms with Crippen molar-refractivity contribution in [3.8, 4) is 0 Å². The maximum atomic E-state index is 13.5. The average Bonchev–Trinajstić information content (AvgIpc) is 2.93. The van der Waals surface area contributed by atoms with Gasteiger partial charge in [-0.2, -0.15) is 0 Å². The highest BCUT2D eigenvalue weighted by molar-refractivity contribution is 6.07. The van der Waals surface area contributed by atoms with Crippen molar-refractivity contribution < 1.29 is 14.3 Å². The van der Waals surface area contributed by atoms with Gasteiger partial charge in [0.2, 0.25) is 0 Å². The monoisotopic (exact) mass is 498 g/mol. The molecule has 0 radical (unpaired) electrons. The molecular formula is C30H34N4O3. The Hall–Kier alpha value is -3.68. The third kappa shape index (κ3) is 6.01. The number of amides is 2. The molecule has 2 amide bonds. The highest BCUT2D eigenvalue weighted by Crippen LogP contribution is 2.30. The van der Waals surface area contributed by atoms with Crippen LogP contribution in [0, 0.1) is 6.92 Å². The van der Waals surface area contributed by atoms with Crippen LogP contribution < -0.4 is 15.5 Å². The van der Waals surface area contributed by atoms with Crippen molar-refractivity contribution in [2.75, 3.05) is 56.2 Å². The molecule has 2 heterocycles. The van der Waals surface area contributed by atoms with Crippen LogP contribution in [0.25, 0.3) is 0 Å². The molecule has 0 atom stereocenters. The number of carbonyl (C=O) groups is 2. The number of benzene rings is 3. The molecule has 3 aromatic carbocycles. The lowest BCUT2D eigenvalue weighted by molar-refractivity contribution is 0.0383. The summed E-state index contributed by atoms with van der Waals surface area (Å²) in [6, 6.07) is 21.6. The molecule has 0 aliphatic carbocycles. The first-order valence-corrected chi connectivity index (χ1v) is 13.0. The summed E-state index contributed by atoms with van der Waals surface area (Å²) >= 11 is 0. The van der Waals surface area contributed by atoms with Crippen molar-refractivity contribution in [1.82, 2.24) is 10.2 Å². The van der Waals surface area contributed by atoms with Crippen molar-refractivity contribution in [3.63, 3.8) is 0 Å². The Balaban J connectivity index is 1.36. The molecule has 0 aromatic heterocycles. The van der Waals surface area contributed by atoms with Gasteiger partial charge < -0.3 is 20.3 Å². The molecule has 2 aliphatic rings. The maximum absolute atomic E-state index is 13.5. The Morgan fingerprint density at radius 2 is 1.62 bits per heavy atom. The lowest BCUT2D eigenvalue weighted by Gasteiger charge is -2.32. The predicted molar refractivity (Wildman–Crippen MR) is 146 cm³/mol. The van der Waals surface area contributed by atoms with Gasteiger partial charge in [0.15, 0.2) is 0 Å². The van der Waals surface area contributed by atoms with Crippen molar-refractivity contribution >= 4 is 23.2 Å². The van der Waals surface area contributed by atoms with Crippen LogP contribution in [0.1, 0.15) is 37.4 Å².